The number of anilines is 2. The molecular weight excluding hydrogens is 371 g/mol. The molecule has 0 unspecified atom stereocenters. The molecule has 3 rings (SSSR count). The Morgan fingerprint density at radius 3 is 2.36 bits per heavy atom. The van der Waals surface area contributed by atoms with Gasteiger partial charge >= 0.3 is 6.18 Å². The minimum Gasteiger partial charge on any atom is -0.497 e. The second kappa shape index (κ2) is 8.41. The quantitative estimate of drug-likeness (QED) is 0.845. The molecule has 1 fully saturated rings. The zero-order valence-electron chi connectivity index (χ0n) is 15.5. The lowest BCUT2D eigenvalue weighted by Gasteiger charge is -2.36. The van der Waals surface area contributed by atoms with E-state index < -0.39 is 11.7 Å². The van der Waals surface area contributed by atoms with Crippen molar-refractivity contribution in [2.75, 3.05) is 50.1 Å². The fourth-order valence-corrected chi connectivity index (χ4v) is 3.10. The molecule has 0 spiro atoms. The fraction of sp³-hybridized carbons (Fsp3) is 0.350. The summed E-state index contributed by atoms with van der Waals surface area (Å²) < 4.78 is 43.4. The molecule has 1 amide bonds. The van der Waals surface area contributed by atoms with Crippen molar-refractivity contribution in [3.05, 3.63) is 54.1 Å². The third-order valence-electron chi connectivity index (χ3n) is 4.70. The molecule has 1 saturated heterocycles. The van der Waals surface area contributed by atoms with Crippen LogP contribution in [-0.2, 0) is 11.0 Å². The molecule has 1 N–H and O–H groups in total. The van der Waals surface area contributed by atoms with E-state index in [1.165, 1.54) is 12.1 Å². The molecule has 0 aliphatic carbocycles. The second-order valence-corrected chi connectivity index (χ2v) is 6.50. The monoisotopic (exact) mass is 393 g/mol. The molecule has 2 aromatic rings. The second-order valence-electron chi connectivity index (χ2n) is 6.50. The molecule has 8 heteroatoms. The van der Waals surface area contributed by atoms with Gasteiger partial charge in [-0.05, 0) is 42.5 Å². The Labute approximate surface area is 161 Å². The van der Waals surface area contributed by atoms with E-state index in [0.29, 0.717) is 26.2 Å². The van der Waals surface area contributed by atoms with Crippen LogP contribution in [0.1, 0.15) is 5.56 Å². The van der Waals surface area contributed by atoms with Gasteiger partial charge in [0.15, 0.2) is 0 Å². The lowest BCUT2D eigenvalue weighted by Crippen LogP contribution is -2.50. The van der Waals surface area contributed by atoms with Crippen LogP contribution in [0.3, 0.4) is 0 Å². The Bertz CT molecular complexity index is 801. The smallest absolute Gasteiger partial charge is 0.416 e. The predicted molar refractivity (Wildman–Crippen MR) is 102 cm³/mol. The SMILES string of the molecule is COc1ccc(N2CCN(C(=O)CNc3cccc(C(F)(F)F)c3)CC2)cc1. The van der Waals surface area contributed by atoms with Crippen molar-refractivity contribution in [2.45, 2.75) is 6.18 Å². The molecule has 1 aliphatic heterocycles. The van der Waals surface area contributed by atoms with Crippen LogP contribution in [0.25, 0.3) is 0 Å². The number of rotatable bonds is 5. The van der Waals surface area contributed by atoms with Crippen LogP contribution in [0.15, 0.2) is 48.5 Å². The van der Waals surface area contributed by atoms with E-state index in [2.05, 4.69) is 10.2 Å². The van der Waals surface area contributed by atoms with Crippen molar-refractivity contribution in [2.24, 2.45) is 0 Å². The highest BCUT2D eigenvalue weighted by Gasteiger charge is 2.30. The first kappa shape index (κ1) is 19.9. The van der Waals surface area contributed by atoms with E-state index in [1.807, 2.05) is 24.3 Å². The molecule has 1 aliphatic rings. The van der Waals surface area contributed by atoms with E-state index in [1.54, 1.807) is 12.0 Å². The number of nitrogens with one attached hydrogen (secondary N) is 1. The van der Waals surface area contributed by atoms with Gasteiger partial charge in [-0.3, -0.25) is 4.79 Å². The Morgan fingerprint density at radius 1 is 1.07 bits per heavy atom. The molecule has 2 aromatic carbocycles. The summed E-state index contributed by atoms with van der Waals surface area (Å²) in [7, 11) is 1.62. The molecule has 0 saturated carbocycles. The number of benzene rings is 2. The number of amides is 1. The number of ether oxygens (including phenoxy) is 1. The summed E-state index contributed by atoms with van der Waals surface area (Å²) in [5, 5.41) is 2.79. The highest BCUT2D eigenvalue weighted by molar-refractivity contribution is 5.81. The van der Waals surface area contributed by atoms with E-state index >= 15 is 0 Å². The highest BCUT2D eigenvalue weighted by atomic mass is 19.4. The van der Waals surface area contributed by atoms with Gasteiger partial charge in [-0.1, -0.05) is 6.07 Å². The number of methoxy groups -OCH3 is 1. The molecule has 0 bridgehead atoms. The summed E-state index contributed by atoms with van der Waals surface area (Å²) >= 11 is 0. The number of hydrogen-bond acceptors (Lipinski definition) is 4. The third-order valence-corrected chi connectivity index (χ3v) is 4.70. The van der Waals surface area contributed by atoms with Gasteiger partial charge in [0.05, 0.1) is 19.2 Å². The number of carbonyl (C=O) groups is 1. The fourth-order valence-electron chi connectivity index (χ4n) is 3.10. The van der Waals surface area contributed by atoms with Crippen molar-refractivity contribution in [1.82, 2.24) is 4.90 Å². The maximum Gasteiger partial charge on any atom is 0.416 e. The van der Waals surface area contributed by atoms with Crippen LogP contribution >= 0.6 is 0 Å². The van der Waals surface area contributed by atoms with Crippen LogP contribution in [0.2, 0.25) is 0 Å². The minimum absolute atomic E-state index is 0.0379. The summed E-state index contributed by atoms with van der Waals surface area (Å²) in [6, 6.07) is 12.6. The van der Waals surface area contributed by atoms with Crippen molar-refractivity contribution >= 4 is 17.3 Å². The Kier molecular flexibility index (Phi) is 5.96. The molecule has 0 atom stereocenters. The number of alkyl halides is 3. The van der Waals surface area contributed by atoms with E-state index in [-0.39, 0.29) is 18.1 Å². The summed E-state index contributed by atoms with van der Waals surface area (Å²) in [5.41, 5.74) is 0.605. The van der Waals surface area contributed by atoms with Crippen LogP contribution < -0.4 is 15.0 Å². The molecule has 1 heterocycles. The predicted octanol–water partition coefficient (Wildman–Crippen LogP) is 3.47. The van der Waals surface area contributed by atoms with Crippen LogP contribution in [-0.4, -0.2) is 50.6 Å². The Hall–Kier alpha value is -2.90. The molecular formula is C20H22F3N3O2. The summed E-state index contributed by atoms with van der Waals surface area (Å²) in [5.74, 6) is 0.657. The largest absolute Gasteiger partial charge is 0.497 e. The molecule has 5 nitrogen and oxygen atoms in total. The van der Waals surface area contributed by atoms with Gasteiger partial charge in [0.25, 0.3) is 0 Å². The van der Waals surface area contributed by atoms with Gasteiger partial charge in [-0.25, -0.2) is 0 Å². The standard InChI is InChI=1S/C20H22F3N3O2/c1-28-18-7-5-17(6-8-18)25-9-11-26(12-10-25)19(27)14-24-16-4-2-3-15(13-16)20(21,22)23/h2-8,13,24H,9-12,14H2,1H3. The average molecular weight is 393 g/mol. The highest BCUT2D eigenvalue weighted by Crippen LogP contribution is 2.30. The zero-order chi connectivity index (χ0) is 20.1. The Morgan fingerprint density at radius 2 is 1.75 bits per heavy atom. The van der Waals surface area contributed by atoms with Gasteiger partial charge in [0.2, 0.25) is 5.91 Å². The number of hydrogen-bond donors (Lipinski definition) is 1. The van der Waals surface area contributed by atoms with Gasteiger partial charge in [0.1, 0.15) is 5.75 Å². The van der Waals surface area contributed by atoms with Gasteiger partial charge in [-0.15, -0.1) is 0 Å². The summed E-state index contributed by atoms with van der Waals surface area (Å²) in [4.78, 5) is 16.3. The van der Waals surface area contributed by atoms with Crippen molar-refractivity contribution in [3.63, 3.8) is 0 Å². The first-order valence-corrected chi connectivity index (χ1v) is 8.95. The topological polar surface area (TPSA) is 44.8 Å². The number of piperazine rings is 1. The van der Waals surface area contributed by atoms with Crippen molar-refractivity contribution in [1.29, 1.82) is 0 Å². The molecule has 28 heavy (non-hydrogen) atoms. The number of halogens is 3. The van der Waals surface area contributed by atoms with E-state index in [0.717, 1.165) is 23.6 Å². The summed E-state index contributed by atoms with van der Waals surface area (Å²) in [6.07, 6.45) is -4.40. The maximum atomic E-state index is 12.8. The average Bonchev–Trinajstić information content (AvgIpc) is 2.72. The number of carbonyl (C=O) groups excluding carboxylic acids is 1. The van der Waals surface area contributed by atoms with Crippen LogP contribution in [0.4, 0.5) is 24.5 Å². The van der Waals surface area contributed by atoms with E-state index in [9.17, 15) is 18.0 Å². The lowest BCUT2D eigenvalue weighted by atomic mass is 10.2. The zero-order valence-corrected chi connectivity index (χ0v) is 15.5. The maximum absolute atomic E-state index is 12.8. The first-order chi connectivity index (χ1) is 13.4. The van der Waals surface area contributed by atoms with Crippen molar-refractivity contribution in [3.8, 4) is 5.75 Å². The van der Waals surface area contributed by atoms with Crippen LogP contribution in [0, 0.1) is 0 Å². The molecule has 150 valence electrons. The van der Waals surface area contributed by atoms with Gasteiger partial charge in [-0.2, -0.15) is 13.2 Å². The van der Waals surface area contributed by atoms with Crippen LogP contribution in [0.5, 0.6) is 5.75 Å². The Balaban J connectivity index is 1.50. The minimum atomic E-state index is -4.40. The lowest BCUT2D eigenvalue weighted by molar-refractivity contribution is -0.137. The first-order valence-electron chi connectivity index (χ1n) is 8.95. The van der Waals surface area contributed by atoms with E-state index in [4.69, 9.17) is 4.74 Å². The van der Waals surface area contributed by atoms with Gasteiger partial charge in [0, 0.05) is 37.6 Å². The normalized spacial score (nSPS) is 14.7. The number of nitrogens with zero attached hydrogens (tertiary/aromatic N) is 2. The van der Waals surface area contributed by atoms with Gasteiger partial charge < -0.3 is 19.9 Å². The third kappa shape index (κ3) is 4.88. The van der Waals surface area contributed by atoms with Crippen molar-refractivity contribution < 1.29 is 22.7 Å². The molecule has 0 radical (unpaired) electrons. The summed E-state index contributed by atoms with van der Waals surface area (Å²) in [6.45, 7) is 2.48. The molecule has 0 aromatic heterocycles.